The smallest absolute Gasteiger partial charge is 0.407 e. The summed E-state index contributed by atoms with van der Waals surface area (Å²) >= 11 is 3.26. The fraction of sp³-hybridized carbons (Fsp3) is 0.909. The van der Waals surface area contributed by atoms with Crippen LogP contribution < -0.4 is 9.66 Å². The van der Waals surface area contributed by atoms with Crippen LogP contribution in [0.1, 0.15) is 46.5 Å². The maximum absolute atomic E-state index is 11.5. The maximum Gasteiger partial charge on any atom is 0.407 e. The molecule has 0 aliphatic heterocycles. The van der Waals surface area contributed by atoms with E-state index < -0.39 is 5.60 Å². The van der Waals surface area contributed by atoms with E-state index in [9.17, 15) is 4.79 Å². The molecule has 0 aromatic heterocycles. The van der Waals surface area contributed by atoms with Crippen LogP contribution >= 0.6 is 16.1 Å². The number of carbonyl (C=O) groups is 1. The molecule has 0 aromatic carbocycles. The van der Waals surface area contributed by atoms with Crippen LogP contribution in [0.2, 0.25) is 0 Å². The number of rotatable bonds is 2. The molecule has 0 atom stereocenters. The molecule has 1 aliphatic rings. The SMILES string of the molecule is CC(C)(C)OC(=O)NC1CCC(NBr)CC1. The van der Waals surface area contributed by atoms with Crippen LogP contribution in [0.4, 0.5) is 4.79 Å². The lowest BCUT2D eigenvalue weighted by molar-refractivity contribution is 0.0491. The molecule has 0 saturated heterocycles. The summed E-state index contributed by atoms with van der Waals surface area (Å²) in [6.45, 7) is 5.62. The number of hydrogen-bond acceptors (Lipinski definition) is 3. The zero-order valence-electron chi connectivity index (χ0n) is 10.2. The number of halogens is 1. The Kier molecular flexibility index (Phi) is 5.05. The minimum absolute atomic E-state index is 0.256. The van der Waals surface area contributed by atoms with Crippen molar-refractivity contribution in [2.24, 2.45) is 0 Å². The van der Waals surface area contributed by atoms with Crippen molar-refractivity contribution in [1.29, 1.82) is 0 Å². The summed E-state index contributed by atoms with van der Waals surface area (Å²) in [5, 5.41) is 2.92. The molecule has 5 heteroatoms. The van der Waals surface area contributed by atoms with E-state index in [1.165, 1.54) is 0 Å². The Hall–Kier alpha value is -0.290. The highest BCUT2D eigenvalue weighted by molar-refractivity contribution is 9.08. The summed E-state index contributed by atoms with van der Waals surface area (Å²) in [5.74, 6) is 0. The van der Waals surface area contributed by atoms with Crippen LogP contribution in [0.5, 0.6) is 0 Å². The molecule has 4 nitrogen and oxygen atoms in total. The third kappa shape index (κ3) is 5.16. The van der Waals surface area contributed by atoms with E-state index in [0.717, 1.165) is 25.7 Å². The molecule has 16 heavy (non-hydrogen) atoms. The highest BCUT2D eigenvalue weighted by Gasteiger charge is 2.24. The van der Waals surface area contributed by atoms with Crippen molar-refractivity contribution in [1.82, 2.24) is 9.66 Å². The van der Waals surface area contributed by atoms with Crippen LogP contribution in [-0.4, -0.2) is 23.8 Å². The molecular weight excluding hydrogens is 272 g/mol. The van der Waals surface area contributed by atoms with Crippen molar-refractivity contribution in [2.75, 3.05) is 0 Å². The van der Waals surface area contributed by atoms with E-state index in [-0.39, 0.29) is 12.1 Å². The van der Waals surface area contributed by atoms with Crippen LogP contribution in [0.15, 0.2) is 0 Å². The molecule has 1 saturated carbocycles. The van der Waals surface area contributed by atoms with Crippen LogP contribution in [-0.2, 0) is 4.74 Å². The first kappa shape index (κ1) is 13.8. The van der Waals surface area contributed by atoms with Gasteiger partial charge in [-0.05, 0) is 46.5 Å². The zero-order chi connectivity index (χ0) is 12.2. The minimum Gasteiger partial charge on any atom is -0.444 e. The largest absolute Gasteiger partial charge is 0.444 e. The van der Waals surface area contributed by atoms with Crippen molar-refractivity contribution in [3.63, 3.8) is 0 Å². The van der Waals surface area contributed by atoms with Crippen molar-refractivity contribution >= 4 is 22.2 Å². The summed E-state index contributed by atoms with van der Waals surface area (Å²) in [6.07, 6.45) is 3.85. The highest BCUT2D eigenvalue weighted by Crippen LogP contribution is 2.19. The van der Waals surface area contributed by atoms with E-state index in [1.807, 2.05) is 20.8 Å². The lowest BCUT2D eigenvalue weighted by atomic mass is 9.92. The quantitative estimate of drug-likeness (QED) is 0.770. The maximum atomic E-state index is 11.5. The van der Waals surface area contributed by atoms with Gasteiger partial charge < -0.3 is 10.1 Å². The molecule has 1 fully saturated rings. The van der Waals surface area contributed by atoms with Gasteiger partial charge in [0.2, 0.25) is 0 Å². The van der Waals surface area contributed by atoms with Crippen molar-refractivity contribution in [2.45, 2.75) is 64.1 Å². The molecule has 0 aromatic rings. The Morgan fingerprint density at radius 1 is 1.19 bits per heavy atom. The van der Waals surface area contributed by atoms with E-state index in [2.05, 4.69) is 25.8 Å². The summed E-state index contributed by atoms with van der Waals surface area (Å²) in [5.41, 5.74) is -0.418. The lowest BCUT2D eigenvalue weighted by Crippen LogP contribution is -2.42. The summed E-state index contributed by atoms with van der Waals surface area (Å²) < 4.78 is 8.30. The first-order valence-electron chi connectivity index (χ1n) is 5.76. The number of hydrogen-bond donors (Lipinski definition) is 2. The topological polar surface area (TPSA) is 50.4 Å². The molecule has 1 amide bonds. The normalized spacial score (nSPS) is 26.2. The second kappa shape index (κ2) is 5.87. The van der Waals surface area contributed by atoms with Gasteiger partial charge in [-0.3, -0.25) is 4.34 Å². The van der Waals surface area contributed by atoms with E-state index >= 15 is 0 Å². The average molecular weight is 293 g/mol. The molecule has 0 spiro atoms. The van der Waals surface area contributed by atoms with Gasteiger partial charge in [0.1, 0.15) is 5.60 Å². The third-order valence-electron chi connectivity index (χ3n) is 2.60. The molecule has 0 radical (unpaired) electrons. The zero-order valence-corrected chi connectivity index (χ0v) is 11.8. The Morgan fingerprint density at radius 3 is 2.12 bits per heavy atom. The summed E-state index contributed by atoms with van der Waals surface area (Å²) in [7, 11) is 0. The monoisotopic (exact) mass is 292 g/mol. The third-order valence-corrected chi connectivity index (χ3v) is 3.25. The summed E-state index contributed by atoms with van der Waals surface area (Å²) in [6, 6.07) is 0.781. The molecular formula is C11H21BrN2O2. The van der Waals surface area contributed by atoms with Gasteiger partial charge in [0, 0.05) is 28.2 Å². The van der Waals surface area contributed by atoms with E-state index in [4.69, 9.17) is 4.74 Å². The fourth-order valence-corrected chi connectivity index (χ4v) is 2.28. The molecule has 0 bridgehead atoms. The van der Waals surface area contributed by atoms with Crippen LogP contribution in [0, 0.1) is 0 Å². The fourth-order valence-electron chi connectivity index (χ4n) is 1.82. The van der Waals surface area contributed by atoms with Crippen LogP contribution in [0.25, 0.3) is 0 Å². The van der Waals surface area contributed by atoms with Gasteiger partial charge in [-0.25, -0.2) is 4.79 Å². The second-order valence-corrected chi connectivity index (χ2v) is 5.76. The van der Waals surface area contributed by atoms with E-state index in [1.54, 1.807) is 0 Å². The Labute approximate surface area is 106 Å². The van der Waals surface area contributed by atoms with Crippen LogP contribution in [0.3, 0.4) is 0 Å². The number of nitrogens with one attached hydrogen (secondary N) is 2. The number of amides is 1. The first-order chi connectivity index (χ1) is 7.40. The lowest BCUT2D eigenvalue weighted by Gasteiger charge is -2.29. The molecule has 94 valence electrons. The van der Waals surface area contributed by atoms with E-state index in [0.29, 0.717) is 6.04 Å². The molecule has 2 N–H and O–H groups in total. The number of ether oxygens (including phenoxy) is 1. The van der Waals surface area contributed by atoms with Gasteiger partial charge in [0.25, 0.3) is 0 Å². The summed E-state index contributed by atoms with van der Waals surface area (Å²) in [4.78, 5) is 11.5. The Balaban J connectivity index is 2.26. The standard InChI is InChI=1S/C11H21BrN2O2/c1-11(2,3)16-10(15)13-8-4-6-9(14-12)7-5-8/h8-9,14H,4-7H2,1-3H3,(H,13,15). The van der Waals surface area contributed by atoms with Gasteiger partial charge >= 0.3 is 6.09 Å². The molecule has 1 aliphatic carbocycles. The van der Waals surface area contributed by atoms with Crippen molar-refractivity contribution in [3.05, 3.63) is 0 Å². The number of alkyl carbamates (subject to hydrolysis) is 1. The predicted octanol–water partition coefficient (Wildman–Crippen LogP) is 2.72. The van der Waals surface area contributed by atoms with Gasteiger partial charge in [-0.1, -0.05) is 0 Å². The molecule has 0 unspecified atom stereocenters. The Bertz CT molecular complexity index is 233. The Morgan fingerprint density at radius 2 is 1.69 bits per heavy atom. The average Bonchev–Trinajstić information content (AvgIpc) is 2.16. The molecule has 0 heterocycles. The number of carbonyl (C=O) groups excluding carboxylic acids is 1. The van der Waals surface area contributed by atoms with Gasteiger partial charge in [-0.2, -0.15) is 0 Å². The second-order valence-electron chi connectivity index (χ2n) is 5.30. The van der Waals surface area contributed by atoms with Crippen molar-refractivity contribution < 1.29 is 9.53 Å². The van der Waals surface area contributed by atoms with Crippen molar-refractivity contribution in [3.8, 4) is 0 Å². The first-order valence-corrected chi connectivity index (χ1v) is 6.55. The van der Waals surface area contributed by atoms with Gasteiger partial charge in [-0.15, -0.1) is 0 Å². The minimum atomic E-state index is -0.418. The van der Waals surface area contributed by atoms with Gasteiger partial charge in [0.05, 0.1) is 0 Å². The predicted molar refractivity (Wildman–Crippen MR) is 67.5 cm³/mol. The molecule has 1 rings (SSSR count). The van der Waals surface area contributed by atoms with Gasteiger partial charge in [0.15, 0.2) is 0 Å². The highest BCUT2D eigenvalue weighted by atomic mass is 79.9.